The van der Waals surface area contributed by atoms with Crippen LogP contribution in [0.15, 0.2) is 10.2 Å². The highest BCUT2D eigenvalue weighted by Gasteiger charge is 2.28. The van der Waals surface area contributed by atoms with Crippen LogP contribution in [-0.2, 0) is 0 Å². The highest BCUT2D eigenvalue weighted by atomic mass is 16.6. The van der Waals surface area contributed by atoms with Crippen molar-refractivity contribution in [3.05, 3.63) is 20.2 Å². The second-order valence-electron chi connectivity index (χ2n) is 4.39. The smallest absolute Gasteiger partial charge is 0.400 e. The Kier molecular flexibility index (Phi) is 7.55. The molecule has 0 unspecified atom stereocenters. The van der Waals surface area contributed by atoms with Crippen LogP contribution in [0.3, 0.4) is 0 Å². The largest absolute Gasteiger partial charge is 0.493 e. The summed E-state index contributed by atoms with van der Waals surface area (Å²) in [6, 6.07) is 0. The molecule has 0 saturated heterocycles. The molecule has 4 aromatic heterocycles. The highest BCUT2D eigenvalue weighted by Crippen LogP contribution is 2.22. The van der Waals surface area contributed by atoms with Gasteiger partial charge in [-0.15, -0.1) is 10.2 Å². The number of hydrogen-bond acceptors (Lipinski definition) is 18. The van der Waals surface area contributed by atoms with Crippen LogP contribution >= 0.6 is 0 Å². The summed E-state index contributed by atoms with van der Waals surface area (Å²) >= 11 is 0. The highest BCUT2D eigenvalue weighted by molar-refractivity contribution is 5.31. The lowest BCUT2D eigenvalue weighted by Gasteiger charge is -1.88. The molecule has 0 bridgehead atoms. The summed E-state index contributed by atoms with van der Waals surface area (Å²) in [5.74, 6) is -2.99. The van der Waals surface area contributed by atoms with Gasteiger partial charge in [0.05, 0.1) is 0 Å². The number of tetrazole rings is 2. The quantitative estimate of drug-likeness (QED) is 0.131. The van der Waals surface area contributed by atoms with E-state index in [1.54, 1.807) is 0 Å². The normalized spacial score (nSPS) is 10.2. The predicted octanol–water partition coefficient (Wildman–Crippen LogP) is -2.68. The topological polar surface area (TPSA) is 322 Å². The standard InChI is InChI=1S/C6H2N18O4.2CH4O/c25-23(26)3-7-1(21(15-3)5-11-17-18-12-5)9-10-2-8-4(24(27)28)16-22(2)6-13-19-20-14-6;2*1-2/h(H,11,12,17,18)(H,13,14,19,20);2*2H,1H3/b10-9+;;. The van der Waals surface area contributed by atoms with E-state index >= 15 is 0 Å². The zero-order chi connectivity index (χ0) is 23.7. The van der Waals surface area contributed by atoms with E-state index in [-0.39, 0.29) is 11.9 Å². The summed E-state index contributed by atoms with van der Waals surface area (Å²) in [7, 11) is 2.00. The molecule has 4 heterocycles. The van der Waals surface area contributed by atoms with E-state index in [2.05, 4.69) is 71.6 Å². The number of aliphatic hydroxyl groups excluding tert-OH is 2. The first-order chi connectivity index (χ1) is 15.5. The van der Waals surface area contributed by atoms with Crippen LogP contribution in [0.5, 0.6) is 0 Å². The van der Waals surface area contributed by atoms with E-state index in [4.69, 9.17) is 10.2 Å². The van der Waals surface area contributed by atoms with E-state index < -0.39 is 33.6 Å². The van der Waals surface area contributed by atoms with E-state index in [1.807, 2.05) is 0 Å². The van der Waals surface area contributed by atoms with E-state index in [1.165, 1.54) is 0 Å². The Morgan fingerprint density at radius 2 is 1.16 bits per heavy atom. The maximum Gasteiger partial charge on any atom is 0.493 e. The van der Waals surface area contributed by atoms with Gasteiger partial charge in [-0.25, -0.2) is 0 Å². The molecular weight excluding hydrogens is 444 g/mol. The summed E-state index contributed by atoms with van der Waals surface area (Å²) in [4.78, 5) is 27.1. The van der Waals surface area contributed by atoms with E-state index in [0.29, 0.717) is 0 Å². The predicted molar refractivity (Wildman–Crippen MR) is 92.0 cm³/mol. The van der Waals surface area contributed by atoms with Crippen LogP contribution in [0.25, 0.3) is 11.9 Å². The minimum Gasteiger partial charge on any atom is -0.400 e. The number of hydrogen-bond donors (Lipinski definition) is 4. The van der Waals surface area contributed by atoms with Crippen LogP contribution in [0.2, 0.25) is 0 Å². The molecule has 32 heavy (non-hydrogen) atoms. The second kappa shape index (κ2) is 10.5. The van der Waals surface area contributed by atoms with Crippen molar-refractivity contribution in [1.29, 1.82) is 0 Å². The summed E-state index contributed by atoms with van der Waals surface area (Å²) in [5.41, 5.74) is 0. The molecule has 24 heteroatoms. The number of aliphatic hydroxyl groups is 2. The van der Waals surface area contributed by atoms with E-state index in [9.17, 15) is 20.2 Å². The Morgan fingerprint density at radius 3 is 1.44 bits per heavy atom. The van der Waals surface area contributed by atoms with E-state index in [0.717, 1.165) is 23.6 Å². The minimum atomic E-state index is -0.887. The number of nitro groups is 2. The van der Waals surface area contributed by atoms with Crippen molar-refractivity contribution >= 4 is 23.8 Å². The molecule has 0 saturated carbocycles. The maximum atomic E-state index is 10.9. The monoisotopic (exact) mass is 454 g/mol. The fourth-order valence-corrected chi connectivity index (χ4v) is 1.72. The Hall–Kier alpha value is -5.26. The van der Waals surface area contributed by atoms with Gasteiger partial charge in [0.2, 0.25) is 0 Å². The summed E-state index contributed by atoms with van der Waals surface area (Å²) in [6.45, 7) is 0. The van der Waals surface area contributed by atoms with Crippen molar-refractivity contribution in [3.8, 4) is 11.9 Å². The number of azo groups is 1. The van der Waals surface area contributed by atoms with Crippen LogP contribution in [-0.4, -0.2) is 105 Å². The third-order valence-electron chi connectivity index (χ3n) is 2.76. The first-order valence-corrected chi connectivity index (χ1v) is 7.54. The zero-order valence-electron chi connectivity index (χ0n) is 15.7. The fourth-order valence-electron chi connectivity index (χ4n) is 1.72. The van der Waals surface area contributed by atoms with Crippen molar-refractivity contribution in [2.45, 2.75) is 0 Å². The molecule has 0 fully saturated rings. The Labute approximate surface area is 172 Å². The number of aromatic nitrogens is 14. The van der Waals surface area contributed by atoms with Gasteiger partial charge in [0.25, 0.3) is 0 Å². The number of aromatic amines is 2. The molecule has 4 N–H and O–H groups in total. The molecule has 0 radical (unpaired) electrons. The molecule has 168 valence electrons. The van der Waals surface area contributed by atoms with Gasteiger partial charge < -0.3 is 30.4 Å². The van der Waals surface area contributed by atoms with Crippen molar-refractivity contribution in [2.24, 2.45) is 10.2 Å². The Bertz CT molecular complexity index is 1080. The lowest BCUT2D eigenvalue weighted by molar-refractivity contribution is -0.394. The fraction of sp³-hybridized carbons (Fsp3) is 0.250. The van der Waals surface area contributed by atoms with Crippen molar-refractivity contribution in [2.75, 3.05) is 14.2 Å². The van der Waals surface area contributed by atoms with Crippen LogP contribution in [0.4, 0.5) is 23.8 Å². The molecule has 0 spiro atoms. The first kappa shape index (κ1) is 23.0. The van der Waals surface area contributed by atoms with Crippen molar-refractivity contribution in [3.63, 3.8) is 0 Å². The summed E-state index contributed by atoms with van der Waals surface area (Å²) in [6.07, 6.45) is 0. The van der Waals surface area contributed by atoms with Gasteiger partial charge in [-0.1, -0.05) is 29.8 Å². The number of rotatable bonds is 6. The number of nitrogens with zero attached hydrogens (tertiary/aromatic N) is 16. The van der Waals surface area contributed by atoms with Crippen LogP contribution < -0.4 is 0 Å². The Balaban J connectivity index is 0.000000860. The molecule has 0 aliphatic carbocycles. The molecular formula is C8H10N18O6. The average Bonchev–Trinajstić information content (AvgIpc) is 3.60. The van der Waals surface area contributed by atoms with Gasteiger partial charge in [-0.05, 0) is 30.2 Å². The second-order valence-corrected chi connectivity index (χ2v) is 4.39. The SMILES string of the molecule is CO.CO.O=[N+]([O-])c1nc(/N=N/c2nc([N+](=O)[O-])nn2-c2nn[nH]n2)n(-c2nn[nH]n2)n1. The van der Waals surface area contributed by atoms with Crippen LogP contribution in [0, 0.1) is 20.2 Å². The molecule has 4 rings (SSSR count). The molecule has 24 nitrogen and oxygen atoms in total. The molecule has 0 amide bonds. The van der Waals surface area contributed by atoms with Gasteiger partial charge in [0.15, 0.2) is 0 Å². The molecule has 0 atom stereocenters. The van der Waals surface area contributed by atoms with Crippen molar-refractivity contribution in [1.82, 2.24) is 70.8 Å². The van der Waals surface area contributed by atoms with Gasteiger partial charge in [0, 0.05) is 24.4 Å². The van der Waals surface area contributed by atoms with Gasteiger partial charge in [-0.3, -0.25) is 0 Å². The molecule has 0 aliphatic heterocycles. The number of H-pyrrole nitrogens is 2. The van der Waals surface area contributed by atoms with Crippen molar-refractivity contribution < 1.29 is 20.1 Å². The summed E-state index contributed by atoms with van der Waals surface area (Å²) in [5, 5.41) is 75.4. The third kappa shape index (κ3) is 4.83. The lowest BCUT2D eigenvalue weighted by Crippen LogP contribution is -2.00. The van der Waals surface area contributed by atoms with Crippen LogP contribution in [0.1, 0.15) is 0 Å². The molecule has 0 aromatic carbocycles. The zero-order valence-corrected chi connectivity index (χ0v) is 15.7. The van der Waals surface area contributed by atoms with Gasteiger partial charge in [0.1, 0.15) is 0 Å². The van der Waals surface area contributed by atoms with Gasteiger partial charge in [-0.2, -0.15) is 10.4 Å². The molecule has 0 aliphatic rings. The van der Waals surface area contributed by atoms with Gasteiger partial charge >= 0.3 is 35.7 Å². The maximum absolute atomic E-state index is 10.9. The Morgan fingerprint density at radius 1 is 0.781 bits per heavy atom. The minimum absolute atomic E-state index is 0.222. The molecule has 4 aromatic rings. The summed E-state index contributed by atoms with van der Waals surface area (Å²) < 4.78 is 1.52. The third-order valence-corrected chi connectivity index (χ3v) is 2.76. The first-order valence-electron chi connectivity index (χ1n) is 7.54. The number of nitrogens with one attached hydrogen (secondary N) is 2. The average molecular weight is 454 g/mol. The lowest BCUT2D eigenvalue weighted by atomic mass is 10.9.